The summed E-state index contributed by atoms with van der Waals surface area (Å²) in [4.78, 5) is 23.8. The Morgan fingerprint density at radius 1 is 1.13 bits per heavy atom. The van der Waals surface area contributed by atoms with Gasteiger partial charge in [0, 0.05) is 31.0 Å². The highest BCUT2D eigenvalue weighted by molar-refractivity contribution is 5.83. The highest BCUT2D eigenvalue weighted by Gasteiger charge is 2.13. The largest absolute Gasteiger partial charge is 0.488 e. The fourth-order valence-electron chi connectivity index (χ4n) is 3.18. The minimum atomic E-state index is -0.412. The quantitative estimate of drug-likeness (QED) is 0.273. The molecule has 0 N–H and O–H groups in total. The summed E-state index contributed by atoms with van der Waals surface area (Å²) in [6.07, 6.45) is 2.42. The van der Waals surface area contributed by atoms with Crippen LogP contribution < -0.4 is 10.4 Å². The first kappa shape index (κ1) is 22.3. The van der Waals surface area contributed by atoms with Crippen molar-refractivity contribution in [1.29, 1.82) is 0 Å². The number of aryl methyl sites for hydroxylation is 2. The van der Waals surface area contributed by atoms with E-state index >= 15 is 0 Å². The molecule has 0 aliphatic carbocycles. The Morgan fingerprint density at radius 3 is 2.61 bits per heavy atom. The van der Waals surface area contributed by atoms with Gasteiger partial charge in [-0.15, -0.1) is 0 Å². The molecule has 0 spiro atoms. The summed E-state index contributed by atoms with van der Waals surface area (Å²) < 4.78 is 21.5. The van der Waals surface area contributed by atoms with Crippen LogP contribution in [0.3, 0.4) is 0 Å². The fraction of sp³-hybridized carbons (Fsp3) is 0.280. The topological polar surface area (TPSA) is 75.0 Å². The molecule has 0 bridgehead atoms. The van der Waals surface area contributed by atoms with Crippen molar-refractivity contribution in [3.05, 3.63) is 81.7 Å². The van der Waals surface area contributed by atoms with E-state index in [1.165, 1.54) is 6.07 Å². The fourth-order valence-corrected chi connectivity index (χ4v) is 3.18. The third kappa shape index (κ3) is 6.06. The molecule has 3 aromatic rings. The Kier molecular flexibility index (Phi) is 7.62. The maximum absolute atomic E-state index is 12.0. The zero-order valence-electron chi connectivity index (χ0n) is 17.8. The van der Waals surface area contributed by atoms with Crippen LogP contribution in [0.2, 0.25) is 0 Å². The summed E-state index contributed by atoms with van der Waals surface area (Å²) in [5, 5.41) is 0.810. The van der Waals surface area contributed by atoms with Gasteiger partial charge in [0.1, 0.15) is 24.5 Å². The molecule has 1 heterocycles. The van der Waals surface area contributed by atoms with Crippen molar-refractivity contribution >= 4 is 23.0 Å². The third-order valence-corrected chi connectivity index (χ3v) is 4.89. The van der Waals surface area contributed by atoms with Crippen LogP contribution in [-0.2, 0) is 27.3 Å². The Morgan fingerprint density at radius 2 is 1.90 bits per heavy atom. The maximum Gasteiger partial charge on any atom is 0.336 e. The van der Waals surface area contributed by atoms with Gasteiger partial charge in [-0.05, 0) is 41.7 Å². The van der Waals surface area contributed by atoms with Crippen LogP contribution in [0.1, 0.15) is 28.7 Å². The van der Waals surface area contributed by atoms with E-state index in [-0.39, 0.29) is 19.0 Å². The van der Waals surface area contributed by atoms with Gasteiger partial charge >= 0.3 is 11.6 Å². The van der Waals surface area contributed by atoms with Gasteiger partial charge in [0.2, 0.25) is 0 Å². The van der Waals surface area contributed by atoms with E-state index in [0.29, 0.717) is 31.0 Å². The highest BCUT2D eigenvalue weighted by atomic mass is 16.6. The summed E-state index contributed by atoms with van der Waals surface area (Å²) >= 11 is 0. The number of fused-ring (bicyclic) bond motifs is 1. The van der Waals surface area contributed by atoms with Gasteiger partial charge in [-0.1, -0.05) is 36.9 Å². The van der Waals surface area contributed by atoms with Crippen LogP contribution in [0.4, 0.5) is 0 Å². The average Bonchev–Trinajstić information content (AvgIpc) is 2.76. The van der Waals surface area contributed by atoms with Gasteiger partial charge in [-0.3, -0.25) is 4.79 Å². The lowest BCUT2D eigenvalue weighted by molar-refractivity contribution is -0.144. The Labute approximate surface area is 181 Å². The minimum Gasteiger partial charge on any atom is -0.488 e. The van der Waals surface area contributed by atoms with Gasteiger partial charge in [0.25, 0.3) is 0 Å². The van der Waals surface area contributed by atoms with Gasteiger partial charge in [-0.2, -0.15) is 0 Å². The maximum atomic E-state index is 12.0. The number of hydrogen-bond donors (Lipinski definition) is 0. The van der Waals surface area contributed by atoms with E-state index < -0.39 is 5.63 Å². The molecule has 0 saturated heterocycles. The predicted octanol–water partition coefficient (Wildman–Crippen LogP) is 4.45. The Hall–Kier alpha value is -3.38. The molecule has 6 heteroatoms. The zero-order chi connectivity index (χ0) is 22.2. The van der Waals surface area contributed by atoms with Crippen LogP contribution in [0, 0.1) is 6.92 Å². The molecule has 0 fully saturated rings. The predicted molar refractivity (Wildman–Crippen MR) is 119 cm³/mol. The van der Waals surface area contributed by atoms with Crippen LogP contribution in [0.5, 0.6) is 5.75 Å². The first-order chi connectivity index (χ1) is 15.0. The number of carbonyl (C=O) groups excluding carboxylic acids is 1. The van der Waals surface area contributed by atoms with Crippen LogP contribution in [0.15, 0.2) is 58.3 Å². The van der Waals surface area contributed by atoms with Crippen molar-refractivity contribution in [2.45, 2.75) is 26.4 Å². The number of ether oxygens (including phenoxy) is 3. The van der Waals surface area contributed by atoms with E-state index in [4.69, 9.17) is 18.6 Å². The highest BCUT2D eigenvalue weighted by Crippen LogP contribution is 2.29. The molecule has 1 aromatic heterocycles. The summed E-state index contributed by atoms with van der Waals surface area (Å²) in [7, 11) is 1.55. The van der Waals surface area contributed by atoms with Crippen molar-refractivity contribution in [1.82, 2.24) is 0 Å². The number of carbonyl (C=O) groups is 1. The zero-order valence-corrected chi connectivity index (χ0v) is 17.8. The SMILES string of the molecule is C=Cc1ccc(COc2cc3oc(=O)cc(C)c3cc2CCC(=O)OCCOC)cc1. The van der Waals surface area contributed by atoms with Crippen molar-refractivity contribution in [2.24, 2.45) is 0 Å². The van der Waals surface area contributed by atoms with Gasteiger partial charge in [0.05, 0.1) is 6.61 Å². The molecule has 0 aliphatic rings. The minimum absolute atomic E-state index is 0.204. The van der Waals surface area contributed by atoms with Crippen LogP contribution in [-0.4, -0.2) is 26.3 Å². The molecule has 0 aliphatic heterocycles. The molecular weight excluding hydrogens is 396 g/mol. The molecule has 3 rings (SSSR count). The summed E-state index contributed by atoms with van der Waals surface area (Å²) in [5.74, 6) is 0.262. The number of rotatable bonds is 10. The normalized spacial score (nSPS) is 10.8. The third-order valence-electron chi connectivity index (χ3n) is 4.89. The van der Waals surface area contributed by atoms with E-state index in [9.17, 15) is 9.59 Å². The molecule has 0 atom stereocenters. The molecule has 0 unspecified atom stereocenters. The van der Waals surface area contributed by atoms with Crippen LogP contribution >= 0.6 is 0 Å². The molecule has 6 nitrogen and oxygen atoms in total. The molecule has 0 saturated carbocycles. The molecule has 31 heavy (non-hydrogen) atoms. The number of hydrogen-bond acceptors (Lipinski definition) is 6. The smallest absolute Gasteiger partial charge is 0.336 e. The van der Waals surface area contributed by atoms with Gasteiger partial charge < -0.3 is 18.6 Å². The lowest BCUT2D eigenvalue weighted by Crippen LogP contribution is -2.11. The Balaban J connectivity index is 1.83. The van der Waals surface area contributed by atoms with E-state index in [1.807, 2.05) is 37.3 Å². The van der Waals surface area contributed by atoms with Crippen molar-refractivity contribution < 1.29 is 23.4 Å². The Bertz CT molecular complexity index is 1110. The number of benzene rings is 2. The molecule has 0 radical (unpaired) electrons. The van der Waals surface area contributed by atoms with Crippen LogP contribution in [0.25, 0.3) is 17.0 Å². The van der Waals surface area contributed by atoms with E-state index in [1.54, 1.807) is 19.3 Å². The lowest BCUT2D eigenvalue weighted by atomic mass is 10.0. The summed E-state index contributed by atoms with van der Waals surface area (Å²) in [6.45, 7) is 6.53. The summed E-state index contributed by atoms with van der Waals surface area (Å²) in [5.41, 5.74) is 3.71. The van der Waals surface area contributed by atoms with Crippen molar-refractivity contribution in [3.63, 3.8) is 0 Å². The first-order valence-corrected chi connectivity index (χ1v) is 10.1. The standard InChI is InChI=1S/C25H26O6/c1-4-18-5-7-19(8-6-18)16-30-22-15-23-21(17(2)13-25(27)31-23)14-20(22)9-10-24(26)29-12-11-28-3/h4-8,13-15H,1,9-12,16H2,2-3H3. The average molecular weight is 422 g/mol. The first-order valence-electron chi connectivity index (χ1n) is 10.1. The summed E-state index contributed by atoms with van der Waals surface area (Å²) in [6, 6.07) is 12.9. The molecular formula is C25H26O6. The van der Waals surface area contributed by atoms with Crippen molar-refractivity contribution in [2.75, 3.05) is 20.3 Å². The van der Waals surface area contributed by atoms with E-state index in [0.717, 1.165) is 27.6 Å². The number of esters is 1. The molecule has 2 aromatic carbocycles. The number of methoxy groups -OCH3 is 1. The molecule has 162 valence electrons. The second kappa shape index (κ2) is 10.6. The monoisotopic (exact) mass is 422 g/mol. The second-order valence-electron chi connectivity index (χ2n) is 7.15. The molecule has 0 amide bonds. The van der Waals surface area contributed by atoms with Gasteiger partial charge in [0.15, 0.2) is 0 Å². The van der Waals surface area contributed by atoms with Gasteiger partial charge in [-0.25, -0.2) is 4.79 Å². The van der Waals surface area contributed by atoms with Crippen molar-refractivity contribution in [3.8, 4) is 5.75 Å². The van der Waals surface area contributed by atoms with E-state index in [2.05, 4.69) is 6.58 Å². The second-order valence-corrected chi connectivity index (χ2v) is 7.15. The lowest BCUT2D eigenvalue weighted by Gasteiger charge is -2.14.